The fourth-order valence-corrected chi connectivity index (χ4v) is 3.05. The summed E-state index contributed by atoms with van der Waals surface area (Å²) in [5.41, 5.74) is 6.24. The van der Waals surface area contributed by atoms with Crippen molar-refractivity contribution in [2.75, 3.05) is 19.8 Å². The molecular weight excluding hydrogens is 264 g/mol. The maximum atomic E-state index is 13.4. The molecule has 1 aromatic carbocycles. The lowest BCUT2D eigenvalue weighted by Gasteiger charge is -2.42. The quantitative estimate of drug-likeness (QED) is 0.926. The minimum atomic E-state index is -2.52. The third kappa shape index (κ3) is 2.14. The van der Waals surface area contributed by atoms with Crippen LogP contribution in [0.25, 0.3) is 0 Å². The average molecular weight is 283 g/mol. The molecule has 0 unspecified atom stereocenters. The van der Waals surface area contributed by atoms with Crippen molar-refractivity contribution in [3.05, 3.63) is 23.3 Å². The lowest BCUT2D eigenvalue weighted by Crippen LogP contribution is -2.42. The van der Waals surface area contributed by atoms with E-state index in [2.05, 4.69) is 0 Å². The van der Waals surface area contributed by atoms with Crippen LogP contribution in [0, 0.1) is 0 Å². The van der Waals surface area contributed by atoms with Gasteiger partial charge in [-0.15, -0.1) is 0 Å². The van der Waals surface area contributed by atoms with E-state index in [0.29, 0.717) is 36.8 Å². The van der Waals surface area contributed by atoms with Gasteiger partial charge in [0, 0.05) is 23.9 Å². The summed E-state index contributed by atoms with van der Waals surface area (Å²) in [4.78, 5) is 0. The van der Waals surface area contributed by atoms with Crippen molar-refractivity contribution in [3.8, 4) is 11.5 Å². The number of halogens is 2. The van der Waals surface area contributed by atoms with Gasteiger partial charge in [-0.2, -0.15) is 0 Å². The van der Waals surface area contributed by atoms with Gasteiger partial charge in [0.05, 0.1) is 13.2 Å². The van der Waals surface area contributed by atoms with E-state index in [9.17, 15) is 8.78 Å². The summed E-state index contributed by atoms with van der Waals surface area (Å²) in [6.07, 6.45) is 1.00. The predicted octanol–water partition coefficient (Wildman–Crippen LogP) is 3.17. The van der Waals surface area contributed by atoms with E-state index in [-0.39, 0.29) is 11.0 Å². The van der Waals surface area contributed by atoms with Gasteiger partial charge in [0.15, 0.2) is 11.5 Å². The molecule has 20 heavy (non-hydrogen) atoms. The average Bonchev–Trinajstić information content (AvgIpc) is 2.61. The van der Waals surface area contributed by atoms with Gasteiger partial charge >= 0.3 is 0 Å². The fourth-order valence-electron chi connectivity index (χ4n) is 3.05. The van der Waals surface area contributed by atoms with Crippen molar-refractivity contribution in [2.24, 2.45) is 5.73 Å². The van der Waals surface area contributed by atoms with Crippen LogP contribution in [0.3, 0.4) is 0 Å². The van der Waals surface area contributed by atoms with Crippen LogP contribution < -0.4 is 15.2 Å². The zero-order valence-electron chi connectivity index (χ0n) is 11.3. The van der Waals surface area contributed by atoms with Gasteiger partial charge < -0.3 is 15.2 Å². The molecule has 1 fully saturated rings. The molecule has 3 rings (SSSR count). The van der Waals surface area contributed by atoms with Gasteiger partial charge in [-0.3, -0.25) is 0 Å². The van der Waals surface area contributed by atoms with E-state index in [0.717, 1.165) is 25.7 Å². The van der Waals surface area contributed by atoms with Gasteiger partial charge in [0.2, 0.25) is 0 Å². The number of fused-ring (bicyclic) bond motifs is 1. The first kappa shape index (κ1) is 13.6. The topological polar surface area (TPSA) is 44.5 Å². The molecule has 0 bridgehead atoms. The molecule has 0 saturated heterocycles. The summed E-state index contributed by atoms with van der Waals surface area (Å²) < 4.78 is 37.9. The molecule has 3 nitrogen and oxygen atoms in total. The van der Waals surface area contributed by atoms with Crippen molar-refractivity contribution in [1.82, 2.24) is 0 Å². The molecule has 0 aromatic heterocycles. The highest BCUT2D eigenvalue weighted by atomic mass is 19.3. The van der Waals surface area contributed by atoms with Crippen molar-refractivity contribution in [2.45, 2.75) is 37.5 Å². The normalized spacial score (nSPS) is 20.4. The molecule has 0 amide bonds. The molecule has 0 spiro atoms. The molecule has 1 aliphatic carbocycles. The largest absolute Gasteiger partial charge is 0.490 e. The SMILES string of the molecule is NCC1(c2cc3c(cc2C(F)F)OCCCO3)CCC1. The van der Waals surface area contributed by atoms with Crippen LogP contribution >= 0.6 is 0 Å². The van der Waals surface area contributed by atoms with Crippen molar-refractivity contribution >= 4 is 0 Å². The lowest BCUT2D eigenvalue weighted by molar-refractivity contribution is 0.143. The number of nitrogens with two attached hydrogens (primary N) is 1. The maximum Gasteiger partial charge on any atom is 0.264 e. The number of benzene rings is 1. The Balaban J connectivity index is 2.09. The Labute approximate surface area is 117 Å². The van der Waals surface area contributed by atoms with E-state index in [1.54, 1.807) is 6.07 Å². The monoisotopic (exact) mass is 283 g/mol. The Hall–Kier alpha value is -1.36. The lowest BCUT2D eigenvalue weighted by atomic mass is 9.63. The predicted molar refractivity (Wildman–Crippen MR) is 71.6 cm³/mol. The van der Waals surface area contributed by atoms with Gasteiger partial charge in [-0.1, -0.05) is 6.42 Å². The molecule has 110 valence electrons. The van der Waals surface area contributed by atoms with Crippen LogP contribution in [0.1, 0.15) is 43.2 Å². The first-order valence-corrected chi connectivity index (χ1v) is 7.08. The second kappa shape index (κ2) is 5.20. The number of rotatable bonds is 3. The molecule has 5 heteroatoms. The third-order valence-corrected chi connectivity index (χ3v) is 4.43. The van der Waals surface area contributed by atoms with Gasteiger partial charge in [0.25, 0.3) is 6.43 Å². The zero-order chi connectivity index (χ0) is 14.2. The first-order chi connectivity index (χ1) is 9.66. The number of hydrogen-bond acceptors (Lipinski definition) is 3. The highest BCUT2D eigenvalue weighted by molar-refractivity contribution is 5.51. The highest BCUT2D eigenvalue weighted by Crippen LogP contribution is 2.49. The molecule has 0 radical (unpaired) electrons. The van der Waals surface area contributed by atoms with Gasteiger partial charge in [-0.05, 0) is 30.5 Å². The van der Waals surface area contributed by atoms with Crippen molar-refractivity contribution in [3.63, 3.8) is 0 Å². The Bertz CT molecular complexity index is 495. The molecule has 1 aromatic rings. The second-order valence-electron chi connectivity index (χ2n) is 5.58. The third-order valence-electron chi connectivity index (χ3n) is 4.43. The number of ether oxygens (including phenoxy) is 2. The maximum absolute atomic E-state index is 13.4. The molecule has 1 heterocycles. The van der Waals surface area contributed by atoms with E-state index < -0.39 is 6.43 Å². The van der Waals surface area contributed by atoms with E-state index in [1.807, 2.05) is 0 Å². The van der Waals surface area contributed by atoms with E-state index >= 15 is 0 Å². The van der Waals surface area contributed by atoms with Crippen LogP contribution in [0.4, 0.5) is 8.78 Å². The molecule has 0 atom stereocenters. The molecular formula is C15H19F2NO2. The number of hydrogen-bond donors (Lipinski definition) is 1. The summed E-state index contributed by atoms with van der Waals surface area (Å²) in [6, 6.07) is 3.17. The first-order valence-electron chi connectivity index (χ1n) is 7.08. The summed E-state index contributed by atoms with van der Waals surface area (Å²) in [6.45, 7) is 1.44. The van der Waals surface area contributed by atoms with Gasteiger partial charge in [0.1, 0.15) is 0 Å². The van der Waals surface area contributed by atoms with E-state index in [1.165, 1.54) is 6.07 Å². The minimum absolute atomic E-state index is 0.0411. The van der Waals surface area contributed by atoms with Crippen LogP contribution in [0.5, 0.6) is 11.5 Å². The highest BCUT2D eigenvalue weighted by Gasteiger charge is 2.41. The summed E-state index contributed by atoms with van der Waals surface area (Å²) >= 11 is 0. The fraction of sp³-hybridized carbons (Fsp3) is 0.600. The smallest absolute Gasteiger partial charge is 0.264 e. The molecule has 1 saturated carbocycles. The molecule has 2 aliphatic rings. The summed E-state index contributed by atoms with van der Waals surface area (Å²) in [5, 5.41) is 0. The van der Waals surface area contributed by atoms with Crippen LogP contribution in [0.2, 0.25) is 0 Å². The standard InChI is InChI=1S/C15H19F2NO2/c16-14(17)10-7-12-13(20-6-2-5-19-12)8-11(10)15(9-18)3-1-4-15/h7-8,14H,1-6,9,18H2. The molecule has 1 aliphatic heterocycles. The van der Waals surface area contributed by atoms with Crippen molar-refractivity contribution < 1.29 is 18.3 Å². The van der Waals surface area contributed by atoms with Crippen LogP contribution in [-0.4, -0.2) is 19.8 Å². The second-order valence-corrected chi connectivity index (χ2v) is 5.58. The van der Waals surface area contributed by atoms with Crippen molar-refractivity contribution in [1.29, 1.82) is 0 Å². The number of alkyl halides is 2. The van der Waals surface area contributed by atoms with Crippen LogP contribution in [-0.2, 0) is 5.41 Å². The van der Waals surface area contributed by atoms with Gasteiger partial charge in [-0.25, -0.2) is 8.78 Å². The Morgan fingerprint density at radius 2 is 1.75 bits per heavy atom. The zero-order valence-corrected chi connectivity index (χ0v) is 11.3. The Morgan fingerprint density at radius 3 is 2.25 bits per heavy atom. The van der Waals surface area contributed by atoms with E-state index in [4.69, 9.17) is 15.2 Å². The van der Waals surface area contributed by atoms with Crippen LogP contribution in [0.15, 0.2) is 12.1 Å². The molecule has 2 N–H and O–H groups in total. The minimum Gasteiger partial charge on any atom is -0.490 e. The Morgan fingerprint density at radius 1 is 1.10 bits per heavy atom. The summed E-state index contributed by atoms with van der Waals surface area (Å²) in [7, 11) is 0. The Kier molecular flexibility index (Phi) is 3.54. The summed E-state index contributed by atoms with van der Waals surface area (Å²) in [5.74, 6) is 0.995.